The first-order chi connectivity index (χ1) is 16.0. The second-order valence-electron chi connectivity index (χ2n) is 8.44. The van der Waals surface area contributed by atoms with Crippen molar-refractivity contribution in [2.45, 2.75) is 24.5 Å². The van der Waals surface area contributed by atoms with E-state index in [0.29, 0.717) is 18.7 Å². The molecule has 3 aliphatic rings. The molecule has 2 unspecified atom stereocenters. The predicted molar refractivity (Wildman–Crippen MR) is 124 cm³/mol. The number of hydrogen-bond acceptors (Lipinski definition) is 3. The fourth-order valence-corrected chi connectivity index (χ4v) is 5.62. The van der Waals surface area contributed by atoms with E-state index in [-0.39, 0.29) is 34.8 Å². The number of nitrogens with one attached hydrogen (secondary N) is 1. The van der Waals surface area contributed by atoms with Crippen LogP contribution in [0.5, 0.6) is 0 Å². The normalized spacial score (nSPS) is 23.6. The smallest absolute Gasteiger partial charge is 0.332 e. The van der Waals surface area contributed by atoms with Crippen molar-refractivity contribution in [3.05, 3.63) is 72.3 Å². The fraction of sp³-hybridized carbons (Fsp3) is 0.208. The van der Waals surface area contributed by atoms with Crippen molar-refractivity contribution in [3.63, 3.8) is 0 Å². The maximum atomic E-state index is 14.1. The van der Waals surface area contributed by atoms with Gasteiger partial charge in [-0.15, -0.1) is 0 Å². The molecule has 1 N–H and O–H groups in total. The minimum absolute atomic E-state index is 0.134. The molecule has 33 heavy (non-hydrogen) atoms. The summed E-state index contributed by atoms with van der Waals surface area (Å²) in [6, 6.07) is 15.1. The molecule has 3 fully saturated rings. The van der Waals surface area contributed by atoms with Gasteiger partial charge in [0.15, 0.2) is 5.11 Å². The Balaban J connectivity index is 1.30. The number of hydrogen-bond donors (Lipinski definition) is 1. The topological polar surface area (TPSA) is 55.9 Å². The number of urea groups is 1. The molecule has 3 atom stereocenters. The maximum absolute atomic E-state index is 14.1. The summed E-state index contributed by atoms with van der Waals surface area (Å²) >= 11 is 5.45. The van der Waals surface area contributed by atoms with Crippen molar-refractivity contribution >= 4 is 51.4 Å². The second-order valence-corrected chi connectivity index (χ2v) is 8.83. The maximum Gasteiger partial charge on any atom is 0.332 e. The third-order valence-corrected chi connectivity index (χ3v) is 7.06. The number of para-hydroxylation sites is 1. The fourth-order valence-electron chi connectivity index (χ4n) is 5.31. The first-order valence-corrected chi connectivity index (χ1v) is 11.0. The van der Waals surface area contributed by atoms with Gasteiger partial charge in [0, 0.05) is 11.9 Å². The van der Waals surface area contributed by atoms with Crippen LogP contribution in [0.15, 0.2) is 60.7 Å². The Labute approximate surface area is 193 Å². The van der Waals surface area contributed by atoms with Crippen LogP contribution < -0.4 is 10.2 Å². The van der Waals surface area contributed by atoms with Gasteiger partial charge in [-0.25, -0.2) is 18.5 Å². The molecule has 3 aliphatic heterocycles. The molecule has 6 rings (SSSR count). The summed E-state index contributed by atoms with van der Waals surface area (Å²) in [7, 11) is 0. The molecule has 166 valence electrons. The Morgan fingerprint density at radius 2 is 1.67 bits per heavy atom. The lowest BCUT2D eigenvalue weighted by atomic mass is 10.1. The van der Waals surface area contributed by atoms with Crippen molar-refractivity contribution in [1.29, 1.82) is 0 Å². The first-order valence-electron chi connectivity index (χ1n) is 10.6. The molecule has 0 saturated carbocycles. The van der Waals surface area contributed by atoms with Crippen molar-refractivity contribution < 1.29 is 18.4 Å². The van der Waals surface area contributed by atoms with Gasteiger partial charge in [0.2, 0.25) is 0 Å². The number of benzene rings is 3. The standard InChI is InChI=1S/C24H18F2N4O2S/c25-16-8-4-9-17(26)20(16)27-23(33)28-12-14-11-19(28)21-22(31)30(24(32)29(14)21)18-10-3-6-13-5-1-2-7-15(13)18/h1-10,14,19,21H,11-12H2,(H,27,33)/t14?,19?,21-/m1/s1. The molecule has 3 aromatic carbocycles. The Morgan fingerprint density at radius 1 is 0.970 bits per heavy atom. The van der Waals surface area contributed by atoms with Crippen molar-refractivity contribution in [2.75, 3.05) is 16.8 Å². The molecule has 3 heterocycles. The van der Waals surface area contributed by atoms with Crippen LogP contribution in [0.4, 0.5) is 25.0 Å². The van der Waals surface area contributed by atoms with Crippen LogP contribution in [-0.2, 0) is 4.79 Å². The van der Waals surface area contributed by atoms with Crippen LogP contribution in [0.3, 0.4) is 0 Å². The van der Waals surface area contributed by atoms with E-state index in [2.05, 4.69) is 5.32 Å². The number of carbonyl (C=O) groups is 2. The van der Waals surface area contributed by atoms with Gasteiger partial charge >= 0.3 is 6.03 Å². The van der Waals surface area contributed by atoms with Crippen LogP contribution in [0.1, 0.15) is 6.42 Å². The number of amides is 3. The molecule has 3 aromatic rings. The van der Waals surface area contributed by atoms with Gasteiger partial charge in [-0.2, -0.15) is 0 Å². The summed E-state index contributed by atoms with van der Waals surface area (Å²) in [5, 5.41) is 4.55. The summed E-state index contributed by atoms with van der Waals surface area (Å²) in [5.74, 6) is -1.82. The third kappa shape index (κ3) is 2.85. The lowest BCUT2D eigenvalue weighted by Gasteiger charge is -2.36. The molecule has 3 saturated heterocycles. The highest BCUT2D eigenvalue weighted by Crippen LogP contribution is 2.43. The number of halogens is 2. The Morgan fingerprint density at radius 3 is 2.45 bits per heavy atom. The SMILES string of the molecule is O=C1[C@H]2C3CC(CN3C(=S)Nc3c(F)cccc3F)N2C(=O)N1c1cccc2ccccc12. The van der Waals surface area contributed by atoms with Crippen molar-refractivity contribution in [2.24, 2.45) is 0 Å². The molecule has 0 spiro atoms. The number of imide groups is 1. The average molecular weight is 464 g/mol. The summed E-state index contributed by atoms with van der Waals surface area (Å²) in [6.07, 6.45) is 0.576. The predicted octanol–water partition coefficient (Wildman–Crippen LogP) is 4.11. The highest BCUT2D eigenvalue weighted by atomic mass is 32.1. The summed E-state index contributed by atoms with van der Waals surface area (Å²) < 4.78 is 28.2. The van der Waals surface area contributed by atoms with E-state index < -0.39 is 17.7 Å². The molecule has 0 radical (unpaired) electrons. The van der Waals surface area contributed by atoms with Crippen molar-refractivity contribution in [3.8, 4) is 0 Å². The lowest BCUT2D eigenvalue weighted by Crippen LogP contribution is -2.55. The number of rotatable bonds is 2. The van der Waals surface area contributed by atoms with Crippen LogP contribution in [0.2, 0.25) is 0 Å². The molecule has 0 aromatic heterocycles. The van der Waals surface area contributed by atoms with Gasteiger partial charge in [-0.05, 0) is 42.2 Å². The molecule has 9 heteroatoms. The average Bonchev–Trinajstić information content (AvgIpc) is 3.47. The van der Waals surface area contributed by atoms with Gasteiger partial charge in [-0.3, -0.25) is 4.79 Å². The molecular weight excluding hydrogens is 446 g/mol. The highest BCUT2D eigenvalue weighted by Gasteiger charge is 2.62. The summed E-state index contributed by atoms with van der Waals surface area (Å²) in [4.78, 5) is 31.5. The van der Waals surface area contributed by atoms with Gasteiger partial charge < -0.3 is 15.1 Å². The Bertz CT molecular complexity index is 1320. The first kappa shape index (κ1) is 20.0. The van der Waals surface area contributed by atoms with Gasteiger partial charge in [-0.1, -0.05) is 42.5 Å². The molecule has 6 nitrogen and oxygen atoms in total. The zero-order chi connectivity index (χ0) is 22.9. The van der Waals surface area contributed by atoms with E-state index in [9.17, 15) is 18.4 Å². The highest BCUT2D eigenvalue weighted by molar-refractivity contribution is 7.80. The third-order valence-electron chi connectivity index (χ3n) is 6.73. The van der Waals surface area contributed by atoms with Gasteiger partial charge in [0.25, 0.3) is 5.91 Å². The largest absolute Gasteiger partial charge is 0.341 e. The van der Waals surface area contributed by atoms with Crippen LogP contribution in [-0.4, -0.2) is 51.5 Å². The summed E-state index contributed by atoms with van der Waals surface area (Å²) in [5.41, 5.74) is 0.228. The van der Waals surface area contributed by atoms with E-state index in [4.69, 9.17) is 12.2 Å². The zero-order valence-corrected chi connectivity index (χ0v) is 18.1. The minimum atomic E-state index is -0.752. The molecule has 0 aliphatic carbocycles. The van der Waals surface area contributed by atoms with E-state index in [1.54, 1.807) is 15.9 Å². The number of piperazine rings is 1. The van der Waals surface area contributed by atoms with Crippen LogP contribution in [0.25, 0.3) is 10.8 Å². The van der Waals surface area contributed by atoms with E-state index in [0.717, 1.165) is 22.9 Å². The number of fused-ring (bicyclic) bond motifs is 6. The number of thiocarbonyl (C=S) groups is 1. The monoisotopic (exact) mass is 464 g/mol. The Hall–Kier alpha value is -3.59. The van der Waals surface area contributed by atoms with E-state index in [1.165, 1.54) is 11.0 Å². The number of nitrogens with zero attached hydrogens (tertiary/aromatic N) is 3. The Kier molecular flexibility index (Phi) is 4.38. The van der Waals surface area contributed by atoms with E-state index >= 15 is 0 Å². The van der Waals surface area contributed by atoms with Crippen LogP contribution in [0, 0.1) is 11.6 Å². The van der Waals surface area contributed by atoms with E-state index in [1.807, 2.05) is 36.4 Å². The zero-order valence-electron chi connectivity index (χ0n) is 17.2. The molecular formula is C24H18F2N4O2S. The van der Waals surface area contributed by atoms with Crippen molar-refractivity contribution in [1.82, 2.24) is 9.80 Å². The number of likely N-dealkylation sites (tertiary alicyclic amines) is 1. The lowest BCUT2D eigenvalue weighted by molar-refractivity contribution is -0.120. The molecule has 2 bridgehead atoms. The van der Waals surface area contributed by atoms with Crippen LogP contribution >= 0.6 is 12.2 Å². The minimum Gasteiger partial charge on any atom is -0.341 e. The van der Waals surface area contributed by atoms with Gasteiger partial charge in [0.05, 0.1) is 17.8 Å². The second kappa shape index (κ2) is 7.21. The van der Waals surface area contributed by atoms with Gasteiger partial charge in [0.1, 0.15) is 23.4 Å². The summed E-state index contributed by atoms with van der Waals surface area (Å²) in [6.45, 7) is 0.394. The number of carbonyl (C=O) groups excluding carboxylic acids is 2. The number of anilines is 2. The molecule has 3 amide bonds. The quantitative estimate of drug-likeness (QED) is 0.457.